The first-order valence-electron chi connectivity index (χ1n) is 6.91. The normalized spacial score (nSPS) is 12.2. The monoisotopic (exact) mass is 264 g/mol. The van der Waals surface area contributed by atoms with Crippen LogP contribution in [0.15, 0.2) is 18.3 Å². The lowest BCUT2D eigenvalue weighted by Crippen LogP contribution is -2.37. The van der Waals surface area contributed by atoms with Crippen LogP contribution in [0.25, 0.3) is 0 Å². The lowest BCUT2D eigenvalue weighted by molar-refractivity contribution is -0.126. The predicted octanol–water partition coefficient (Wildman–Crippen LogP) is 2.25. The van der Waals surface area contributed by atoms with E-state index in [9.17, 15) is 4.79 Å². The summed E-state index contributed by atoms with van der Waals surface area (Å²) < 4.78 is 5.28. The third-order valence-corrected chi connectivity index (χ3v) is 2.90. The Morgan fingerprint density at radius 2 is 2.32 bits per heavy atom. The second kappa shape index (κ2) is 8.64. The zero-order valence-corrected chi connectivity index (χ0v) is 12.1. The van der Waals surface area contributed by atoms with Gasteiger partial charge in [-0.1, -0.05) is 19.4 Å². The van der Waals surface area contributed by atoms with Gasteiger partial charge in [-0.05, 0) is 31.9 Å². The van der Waals surface area contributed by atoms with Gasteiger partial charge in [-0.2, -0.15) is 0 Å². The molecule has 19 heavy (non-hydrogen) atoms. The minimum atomic E-state index is -0.0582. The third kappa shape index (κ3) is 6.34. The maximum atomic E-state index is 11.6. The average molecular weight is 264 g/mol. The summed E-state index contributed by atoms with van der Waals surface area (Å²) in [6.45, 7) is 6.91. The first kappa shape index (κ1) is 15.6. The molecule has 0 aliphatic rings. The van der Waals surface area contributed by atoms with Gasteiger partial charge in [0.15, 0.2) is 0 Å². The third-order valence-electron chi connectivity index (χ3n) is 2.90. The molecule has 4 nitrogen and oxygen atoms in total. The van der Waals surface area contributed by atoms with Crippen LogP contribution in [0.2, 0.25) is 0 Å². The molecule has 0 radical (unpaired) electrons. The van der Waals surface area contributed by atoms with Gasteiger partial charge in [0.2, 0.25) is 5.91 Å². The van der Waals surface area contributed by atoms with Crippen LogP contribution < -0.4 is 5.32 Å². The number of carbonyl (C=O) groups is 1. The van der Waals surface area contributed by atoms with Gasteiger partial charge in [-0.15, -0.1) is 0 Å². The molecule has 1 aromatic rings. The number of aryl methyl sites for hydroxylation is 1. The fourth-order valence-electron chi connectivity index (χ4n) is 1.80. The Labute approximate surface area is 115 Å². The molecule has 0 saturated carbocycles. The number of ether oxygens (including phenoxy) is 1. The van der Waals surface area contributed by atoms with E-state index in [1.165, 1.54) is 0 Å². The Kier molecular flexibility index (Phi) is 7.11. The zero-order valence-electron chi connectivity index (χ0n) is 12.1. The van der Waals surface area contributed by atoms with Gasteiger partial charge < -0.3 is 10.1 Å². The van der Waals surface area contributed by atoms with Crippen molar-refractivity contribution in [1.29, 1.82) is 0 Å². The molecule has 1 rings (SSSR count). The van der Waals surface area contributed by atoms with Crippen LogP contribution in [0.3, 0.4) is 0 Å². The summed E-state index contributed by atoms with van der Waals surface area (Å²) in [5.74, 6) is -0.0582. The molecule has 0 aliphatic heterocycles. The largest absolute Gasteiger partial charge is 0.372 e. The van der Waals surface area contributed by atoms with E-state index in [2.05, 4.69) is 17.2 Å². The number of rotatable bonds is 8. The van der Waals surface area contributed by atoms with Crippen LogP contribution in [0.1, 0.15) is 37.9 Å². The first-order chi connectivity index (χ1) is 9.13. The standard InChI is InChI=1S/C15H24N2O2/c1-4-5-9-19-11-15(18)17-13(3)10-14-12(2)7-6-8-16-14/h6-8,13H,4-5,9-11H2,1-3H3,(H,17,18)/t13-/m0/s1. The summed E-state index contributed by atoms with van der Waals surface area (Å²) in [5.41, 5.74) is 2.19. The second-order valence-electron chi connectivity index (χ2n) is 4.85. The number of carbonyl (C=O) groups excluding carboxylic acids is 1. The molecule has 0 aromatic carbocycles. The number of hydrogen-bond acceptors (Lipinski definition) is 3. The maximum Gasteiger partial charge on any atom is 0.246 e. The van der Waals surface area contributed by atoms with Gasteiger partial charge in [0, 0.05) is 31.0 Å². The number of nitrogens with one attached hydrogen (secondary N) is 1. The second-order valence-corrected chi connectivity index (χ2v) is 4.85. The minimum Gasteiger partial charge on any atom is -0.372 e. The van der Waals surface area contributed by atoms with Crippen molar-refractivity contribution in [2.24, 2.45) is 0 Å². The topological polar surface area (TPSA) is 51.2 Å². The first-order valence-corrected chi connectivity index (χ1v) is 6.91. The summed E-state index contributed by atoms with van der Waals surface area (Å²) in [7, 11) is 0. The van der Waals surface area contributed by atoms with Crippen LogP contribution in [0.4, 0.5) is 0 Å². The number of unbranched alkanes of at least 4 members (excludes halogenated alkanes) is 1. The molecular formula is C15H24N2O2. The van der Waals surface area contributed by atoms with Crippen molar-refractivity contribution in [2.75, 3.05) is 13.2 Å². The Morgan fingerprint density at radius 3 is 3.00 bits per heavy atom. The summed E-state index contributed by atoms with van der Waals surface area (Å²) >= 11 is 0. The number of aromatic nitrogens is 1. The Balaban J connectivity index is 2.29. The molecule has 0 unspecified atom stereocenters. The summed E-state index contributed by atoms with van der Waals surface area (Å²) in [6.07, 6.45) is 4.60. The molecule has 1 atom stereocenters. The predicted molar refractivity (Wildman–Crippen MR) is 76.0 cm³/mol. The van der Waals surface area contributed by atoms with Crippen LogP contribution >= 0.6 is 0 Å². The molecule has 0 fully saturated rings. The van der Waals surface area contributed by atoms with Gasteiger partial charge >= 0.3 is 0 Å². The van der Waals surface area contributed by atoms with Gasteiger partial charge in [0.1, 0.15) is 6.61 Å². The van der Waals surface area contributed by atoms with E-state index >= 15 is 0 Å². The molecule has 1 N–H and O–H groups in total. The van der Waals surface area contributed by atoms with Crippen molar-refractivity contribution in [2.45, 2.75) is 46.1 Å². The highest BCUT2D eigenvalue weighted by atomic mass is 16.5. The van der Waals surface area contributed by atoms with E-state index in [0.717, 1.165) is 30.5 Å². The van der Waals surface area contributed by atoms with Gasteiger partial charge in [0.05, 0.1) is 0 Å². The van der Waals surface area contributed by atoms with E-state index in [0.29, 0.717) is 6.61 Å². The van der Waals surface area contributed by atoms with Crippen molar-refractivity contribution in [1.82, 2.24) is 10.3 Å². The quantitative estimate of drug-likeness (QED) is 0.733. The van der Waals surface area contributed by atoms with Crippen molar-refractivity contribution in [3.63, 3.8) is 0 Å². The summed E-state index contributed by atoms with van der Waals surface area (Å²) in [4.78, 5) is 16.0. The lowest BCUT2D eigenvalue weighted by Gasteiger charge is -2.14. The Bertz CT molecular complexity index is 393. The van der Waals surface area contributed by atoms with Crippen LogP contribution in [-0.2, 0) is 16.0 Å². The number of nitrogens with zero attached hydrogens (tertiary/aromatic N) is 1. The fourth-order valence-corrected chi connectivity index (χ4v) is 1.80. The van der Waals surface area contributed by atoms with Crippen molar-refractivity contribution in [3.8, 4) is 0 Å². The average Bonchev–Trinajstić information content (AvgIpc) is 2.37. The number of amides is 1. The molecule has 1 aromatic heterocycles. The van der Waals surface area contributed by atoms with Crippen molar-refractivity contribution >= 4 is 5.91 Å². The molecular weight excluding hydrogens is 240 g/mol. The summed E-state index contributed by atoms with van der Waals surface area (Å²) in [5, 5.41) is 2.93. The maximum absolute atomic E-state index is 11.6. The molecule has 106 valence electrons. The van der Waals surface area contributed by atoms with E-state index in [-0.39, 0.29) is 18.6 Å². The molecule has 0 bridgehead atoms. The number of hydrogen-bond donors (Lipinski definition) is 1. The van der Waals surface area contributed by atoms with Crippen molar-refractivity contribution in [3.05, 3.63) is 29.6 Å². The molecule has 0 spiro atoms. The minimum absolute atomic E-state index is 0.0582. The zero-order chi connectivity index (χ0) is 14.1. The smallest absolute Gasteiger partial charge is 0.246 e. The Morgan fingerprint density at radius 1 is 1.53 bits per heavy atom. The Hall–Kier alpha value is -1.42. The summed E-state index contributed by atoms with van der Waals surface area (Å²) in [6, 6.07) is 4.02. The van der Waals surface area contributed by atoms with Gasteiger partial charge in [0.25, 0.3) is 0 Å². The number of pyridine rings is 1. The van der Waals surface area contributed by atoms with E-state index < -0.39 is 0 Å². The molecule has 0 aliphatic carbocycles. The van der Waals surface area contributed by atoms with Crippen LogP contribution in [0.5, 0.6) is 0 Å². The van der Waals surface area contributed by atoms with E-state index in [1.807, 2.05) is 26.0 Å². The molecule has 1 heterocycles. The van der Waals surface area contributed by atoms with E-state index in [1.54, 1.807) is 6.20 Å². The van der Waals surface area contributed by atoms with Gasteiger partial charge in [-0.25, -0.2) is 0 Å². The molecule has 4 heteroatoms. The highest BCUT2D eigenvalue weighted by Gasteiger charge is 2.10. The SMILES string of the molecule is CCCCOCC(=O)N[C@@H](C)Cc1ncccc1C. The van der Waals surface area contributed by atoms with Crippen LogP contribution in [0, 0.1) is 6.92 Å². The lowest BCUT2D eigenvalue weighted by atomic mass is 10.1. The molecule has 0 saturated heterocycles. The highest BCUT2D eigenvalue weighted by molar-refractivity contribution is 5.77. The molecule has 1 amide bonds. The van der Waals surface area contributed by atoms with Crippen LogP contribution in [-0.4, -0.2) is 30.1 Å². The van der Waals surface area contributed by atoms with Gasteiger partial charge in [-0.3, -0.25) is 9.78 Å². The van der Waals surface area contributed by atoms with E-state index in [4.69, 9.17) is 4.74 Å². The van der Waals surface area contributed by atoms with Crippen molar-refractivity contribution < 1.29 is 9.53 Å². The highest BCUT2D eigenvalue weighted by Crippen LogP contribution is 2.06. The fraction of sp³-hybridized carbons (Fsp3) is 0.600.